The smallest absolute Gasteiger partial charge is 0.309 e. The highest BCUT2D eigenvalue weighted by Crippen LogP contribution is 2.40. The Kier molecular flexibility index (Phi) is 8.73. The molecule has 0 bridgehead atoms. The van der Waals surface area contributed by atoms with Crippen molar-refractivity contribution >= 4 is 16.9 Å². The number of rotatable bonds is 8. The van der Waals surface area contributed by atoms with Gasteiger partial charge in [-0.15, -0.1) is 0 Å². The second-order valence-electron chi connectivity index (χ2n) is 9.68. The predicted octanol–water partition coefficient (Wildman–Crippen LogP) is 5.16. The van der Waals surface area contributed by atoms with Crippen LogP contribution in [0, 0.1) is 34.7 Å². The van der Waals surface area contributed by atoms with Gasteiger partial charge in [0, 0.05) is 36.3 Å². The Bertz CT molecular complexity index is 1420. The number of aromatic nitrogens is 1. The van der Waals surface area contributed by atoms with E-state index in [1.165, 1.54) is 13.3 Å². The number of aliphatic carboxylic acids is 1. The lowest BCUT2D eigenvalue weighted by Crippen LogP contribution is -2.44. The number of benzene rings is 2. The third-order valence-corrected chi connectivity index (χ3v) is 7.36. The number of halogens is 4. The van der Waals surface area contributed by atoms with Crippen LogP contribution in [-0.4, -0.2) is 52.8 Å². The van der Waals surface area contributed by atoms with E-state index in [4.69, 9.17) is 4.74 Å². The second-order valence-corrected chi connectivity index (χ2v) is 9.68. The second kappa shape index (κ2) is 12.0. The maximum Gasteiger partial charge on any atom is 0.309 e. The SMILES string of the molecule is COc1ccc2ncc(CF)c([C@@H](O)CCC3(C(=O)O)CCN(CC#Cc4cc(F)cc(F)c4F)CC3)c2c1. The molecule has 1 atom stereocenters. The van der Waals surface area contributed by atoms with E-state index in [-0.39, 0.29) is 43.4 Å². The van der Waals surface area contributed by atoms with Gasteiger partial charge in [-0.1, -0.05) is 11.8 Å². The zero-order valence-corrected chi connectivity index (χ0v) is 21.3. The minimum absolute atomic E-state index is 0.0971. The quantitative estimate of drug-likeness (QED) is 0.232. The number of nitrogens with zero attached hydrogens (tertiary/aromatic N) is 2. The summed E-state index contributed by atoms with van der Waals surface area (Å²) < 4.78 is 59.6. The van der Waals surface area contributed by atoms with Gasteiger partial charge in [-0.3, -0.25) is 14.7 Å². The molecule has 3 aromatic rings. The number of hydrogen-bond acceptors (Lipinski definition) is 5. The predicted molar refractivity (Wildman–Crippen MR) is 136 cm³/mol. The first-order valence-corrected chi connectivity index (χ1v) is 12.5. The summed E-state index contributed by atoms with van der Waals surface area (Å²) in [6, 6.07) is 6.36. The van der Waals surface area contributed by atoms with Crippen LogP contribution in [0.15, 0.2) is 36.5 Å². The Hall–Kier alpha value is -3.68. The number of carboxylic acid groups (broad SMARTS) is 1. The number of carbonyl (C=O) groups is 1. The number of hydrogen-bond donors (Lipinski definition) is 2. The Morgan fingerprint density at radius 3 is 2.62 bits per heavy atom. The third-order valence-electron chi connectivity index (χ3n) is 7.36. The minimum atomic E-state index is -1.32. The molecule has 206 valence electrons. The van der Waals surface area contributed by atoms with Gasteiger partial charge in [0.1, 0.15) is 18.2 Å². The van der Waals surface area contributed by atoms with Crippen LogP contribution in [0.4, 0.5) is 17.6 Å². The van der Waals surface area contributed by atoms with Gasteiger partial charge >= 0.3 is 5.97 Å². The molecular formula is C29H28F4N2O4. The Balaban J connectivity index is 1.44. The molecule has 39 heavy (non-hydrogen) atoms. The lowest BCUT2D eigenvalue weighted by Gasteiger charge is -2.38. The standard InChI is InChI=1S/C29H28F4N2O4/c1-39-21-4-5-24-22(15-21)26(19(16-30)17-34-24)25(36)6-7-29(28(37)38)8-11-35(12-9-29)10-2-3-18-13-20(31)14-23(32)27(18)33/h4-5,13-15,17,25,36H,6-12,16H2,1H3,(H,37,38)/t25-/m0/s1. The van der Waals surface area contributed by atoms with E-state index in [0.29, 0.717) is 41.4 Å². The number of piperidine rings is 1. The van der Waals surface area contributed by atoms with Crippen LogP contribution < -0.4 is 4.74 Å². The lowest BCUT2D eigenvalue weighted by molar-refractivity contribution is -0.153. The molecule has 0 radical (unpaired) electrons. The molecule has 2 N–H and O–H groups in total. The largest absolute Gasteiger partial charge is 0.497 e. The molecule has 1 fully saturated rings. The first-order valence-electron chi connectivity index (χ1n) is 12.5. The van der Waals surface area contributed by atoms with Crippen molar-refractivity contribution < 1.29 is 37.3 Å². The van der Waals surface area contributed by atoms with Gasteiger partial charge in [-0.05, 0) is 55.5 Å². The van der Waals surface area contributed by atoms with E-state index in [1.54, 1.807) is 18.2 Å². The van der Waals surface area contributed by atoms with Gasteiger partial charge < -0.3 is 14.9 Å². The molecule has 6 nitrogen and oxygen atoms in total. The number of pyridine rings is 1. The number of alkyl halides is 1. The Labute approximate surface area is 223 Å². The van der Waals surface area contributed by atoms with E-state index in [9.17, 15) is 32.6 Å². The first kappa shape index (κ1) is 28.3. The molecule has 4 rings (SSSR count). The average molecular weight is 545 g/mol. The molecular weight excluding hydrogens is 516 g/mol. The van der Waals surface area contributed by atoms with E-state index in [1.807, 2.05) is 4.90 Å². The van der Waals surface area contributed by atoms with Crippen molar-refractivity contribution in [1.82, 2.24) is 9.88 Å². The van der Waals surface area contributed by atoms with Crippen LogP contribution in [0.25, 0.3) is 10.9 Å². The van der Waals surface area contributed by atoms with Gasteiger partial charge in [0.15, 0.2) is 11.6 Å². The number of methoxy groups -OCH3 is 1. The van der Waals surface area contributed by atoms with Crippen molar-refractivity contribution in [3.63, 3.8) is 0 Å². The number of aliphatic hydroxyl groups is 1. The maximum absolute atomic E-state index is 13.8. The summed E-state index contributed by atoms with van der Waals surface area (Å²) in [5.74, 6) is 1.21. The summed E-state index contributed by atoms with van der Waals surface area (Å²) in [5.41, 5.74) is -0.317. The summed E-state index contributed by atoms with van der Waals surface area (Å²) in [4.78, 5) is 18.5. The maximum atomic E-state index is 13.8. The van der Waals surface area contributed by atoms with Crippen LogP contribution in [0.1, 0.15) is 48.5 Å². The fourth-order valence-corrected chi connectivity index (χ4v) is 5.02. The van der Waals surface area contributed by atoms with Gasteiger partial charge in [-0.25, -0.2) is 17.6 Å². The van der Waals surface area contributed by atoms with Crippen molar-refractivity contribution in [2.24, 2.45) is 5.41 Å². The van der Waals surface area contributed by atoms with Crippen LogP contribution in [-0.2, 0) is 11.5 Å². The highest BCUT2D eigenvalue weighted by molar-refractivity contribution is 5.85. The molecule has 0 unspecified atom stereocenters. The molecule has 1 aliphatic heterocycles. The van der Waals surface area contributed by atoms with E-state index < -0.39 is 41.6 Å². The van der Waals surface area contributed by atoms with Gasteiger partial charge in [0.25, 0.3) is 0 Å². The monoisotopic (exact) mass is 544 g/mol. The topological polar surface area (TPSA) is 82.9 Å². The molecule has 0 aliphatic carbocycles. The minimum Gasteiger partial charge on any atom is -0.497 e. The summed E-state index contributed by atoms with van der Waals surface area (Å²) in [6.07, 6.45) is 1.08. The lowest BCUT2D eigenvalue weighted by atomic mass is 9.74. The summed E-state index contributed by atoms with van der Waals surface area (Å²) in [6.45, 7) is 0.0870. The van der Waals surface area contributed by atoms with Crippen molar-refractivity contribution in [2.45, 2.75) is 38.5 Å². The fraction of sp³-hybridized carbons (Fsp3) is 0.379. The molecule has 0 amide bonds. The number of ether oxygens (including phenoxy) is 1. The Morgan fingerprint density at radius 2 is 1.95 bits per heavy atom. The van der Waals surface area contributed by atoms with Crippen LogP contribution >= 0.6 is 0 Å². The van der Waals surface area contributed by atoms with Crippen molar-refractivity contribution in [3.05, 3.63) is 70.7 Å². The number of aliphatic hydroxyl groups excluding tert-OH is 1. The molecule has 1 saturated heterocycles. The molecule has 2 aromatic carbocycles. The highest BCUT2D eigenvalue weighted by Gasteiger charge is 2.41. The van der Waals surface area contributed by atoms with E-state index in [0.717, 1.165) is 6.07 Å². The third kappa shape index (κ3) is 6.15. The van der Waals surface area contributed by atoms with Gasteiger partial charge in [-0.2, -0.15) is 0 Å². The van der Waals surface area contributed by atoms with Crippen molar-refractivity contribution in [1.29, 1.82) is 0 Å². The summed E-state index contributed by atoms with van der Waals surface area (Å²) in [5, 5.41) is 21.7. The summed E-state index contributed by atoms with van der Waals surface area (Å²) in [7, 11) is 1.50. The van der Waals surface area contributed by atoms with E-state index >= 15 is 0 Å². The summed E-state index contributed by atoms with van der Waals surface area (Å²) >= 11 is 0. The fourth-order valence-electron chi connectivity index (χ4n) is 5.02. The van der Waals surface area contributed by atoms with Gasteiger partial charge in [0.2, 0.25) is 0 Å². The molecule has 1 aliphatic rings. The van der Waals surface area contributed by atoms with Crippen LogP contribution in [0.3, 0.4) is 0 Å². The van der Waals surface area contributed by atoms with Crippen LogP contribution in [0.2, 0.25) is 0 Å². The van der Waals surface area contributed by atoms with E-state index in [2.05, 4.69) is 16.8 Å². The highest BCUT2D eigenvalue weighted by atomic mass is 19.2. The molecule has 2 heterocycles. The zero-order chi connectivity index (χ0) is 28.2. The zero-order valence-electron chi connectivity index (χ0n) is 21.3. The molecule has 1 aromatic heterocycles. The first-order chi connectivity index (χ1) is 18.7. The average Bonchev–Trinajstić information content (AvgIpc) is 2.93. The molecule has 10 heteroatoms. The molecule has 0 saturated carbocycles. The number of carboxylic acids is 1. The van der Waals surface area contributed by atoms with Crippen LogP contribution in [0.5, 0.6) is 5.75 Å². The number of fused-ring (bicyclic) bond motifs is 1. The van der Waals surface area contributed by atoms with Crippen molar-refractivity contribution in [2.75, 3.05) is 26.7 Å². The Morgan fingerprint density at radius 1 is 1.21 bits per heavy atom. The molecule has 0 spiro atoms. The normalized spacial score (nSPS) is 15.9. The van der Waals surface area contributed by atoms with Gasteiger partial charge in [0.05, 0.1) is 36.3 Å². The number of likely N-dealkylation sites (tertiary alicyclic amines) is 1. The van der Waals surface area contributed by atoms with Crippen molar-refractivity contribution in [3.8, 4) is 17.6 Å².